The summed E-state index contributed by atoms with van der Waals surface area (Å²) >= 11 is 0. The third kappa shape index (κ3) is 4.91. The van der Waals surface area contributed by atoms with Crippen molar-refractivity contribution >= 4 is 6.03 Å². The van der Waals surface area contributed by atoms with Crippen molar-refractivity contribution < 1.29 is 14.3 Å². The minimum atomic E-state index is -0.0479. The Morgan fingerprint density at radius 1 is 1.50 bits per heavy atom. The molecular formula is C17H26N2O3. The summed E-state index contributed by atoms with van der Waals surface area (Å²) in [6, 6.07) is 7.89. The van der Waals surface area contributed by atoms with E-state index < -0.39 is 0 Å². The number of methoxy groups -OCH3 is 1. The summed E-state index contributed by atoms with van der Waals surface area (Å²) in [5.74, 6) is 0.804. The van der Waals surface area contributed by atoms with E-state index in [0.717, 1.165) is 30.8 Å². The number of hydrogen-bond acceptors (Lipinski definition) is 3. The average Bonchev–Trinajstić information content (AvgIpc) is 2.99. The number of carbonyl (C=O) groups is 1. The maximum Gasteiger partial charge on any atom is 0.317 e. The molecule has 0 saturated carbocycles. The first-order valence-electron chi connectivity index (χ1n) is 7.88. The van der Waals surface area contributed by atoms with Gasteiger partial charge in [-0.3, -0.25) is 0 Å². The summed E-state index contributed by atoms with van der Waals surface area (Å²) in [6.07, 6.45) is 2.23. The topological polar surface area (TPSA) is 50.8 Å². The average molecular weight is 306 g/mol. The molecule has 1 atom stereocenters. The van der Waals surface area contributed by atoms with Gasteiger partial charge in [0.2, 0.25) is 0 Å². The van der Waals surface area contributed by atoms with Crippen molar-refractivity contribution in [2.75, 3.05) is 20.3 Å². The van der Waals surface area contributed by atoms with Gasteiger partial charge in [-0.2, -0.15) is 0 Å². The van der Waals surface area contributed by atoms with E-state index in [1.165, 1.54) is 0 Å². The second-order valence-corrected chi connectivity index (χ2v) is 5.97. The molecule has 0 aromatic heterocycles. The molecule has 122 valence electrons. The van der Waals surface area contributed by atoms with E-state index in [0.29, 0.717) is 13.1 Å². The maximum atomic E-state index is 12.4. The van der Waals surface area contributed by atoms with E-state index in [1.54, 1.807) is 7.11 Å². The Balaban J connectivity index is 2.06. The van der Waals surface area contributed by atoms with Gasteiger partial charge in [0.05, 0.1) is 13.2 Å². The van der Waals surface area contributed by atoms with Gasteiger partial charge in [0.15, 0.2) is 0 Å². The predicted octanol–water partition coefficient (Wildman–Crippen LogP) is 2.79. The number of hydrogen-bond donors (Lipinski definition) is 1. The molecule has 2 amide bonds. The lowest BCUT2D eigenvalue weighted by Gasteiger charge is -2.27. The molecule has 0 unspecified atom stereocenters. The Kier molecular flexibility index (Phi) is 6.07. The second-order valence-electron chi connectivity index (χ2n) is 5.97. The molecule has 0 radical (unpaired) electrons. The second kappa shape index (κ2) is 8.03. The lowest BCUT2D eigenvalue weighted by atomic mass is 10.2. The third-order valence-electron chi connectivity index (χ3n) is 3.65. The van der Waals surface area contributed by atoms with E-state index in [2.05, 4.69) is 5.32 Å². The van der Waals surface area contributed by atoms with Crippen LogP contribution in [0.25, 0.3) is 0 Å². The van der Waals surface area contributed by atoms with Crippen molar-refractivity contribution in [2.24, 2.45) is 0 Å². The summed E-state index contributed by atoms with van der Waals surface area (Å²) in [5, 5.41) is 2.97. The molecule has 1 aromatic rings. The van der Waals surface area contributed by atoms with E-state index in [-0.39, 0.29) is 18.2 Å². The van der Waals surface area contributed by atoms with Crippen molar-refractivity contribution in [3.8, 4) is 5.75 Å². The molecule has 1 heterocycles. The lowest BCUT2D eigenvalue weighted by molar-refractivity contribution is 0.0791. The number of carbonyl (C=O) groups excluding carboxylic acids is 1. The zero-order chi connectivity index (χ0) is 15.9. The first-order valence-corrected chi connectivity index (χ1v) is 7.88. The van der Waals surface area contributed by atoms with E-state index in [1.807, 2.05) is 43.0 Å². The van der Waals surface area contributed by atoms with Crippen molar-refractivity contribution in [3.63, 3.8) is 0 Å². The molecule has 1 aromatic carbocycles. The number of nitrogens with one attached hydrogen (secondary N) is 1. The Morgan fingerprint density at radius 3 is 2.95 bits per heavy atom. The lowest BCUT2D eigenvalue weighted by Crippen LogP contribution is -2.45. The Labute approximate surface area is 132 Å². The van der Waals surface area contributed by atoms with Crippen molar-refractivity contribution in [1.82, 2.24) is 10.2 Å². The Morgan fingerprint density at radius 2 is 2.32 bits per heavy atom. The molecule has 1 N–H and O–H groups in total. The fourth-order valence-electron chi connectivity index (χ4n) is 2.58. The fraction of sp³-hybridized carbons (Fsp3) is 0.588. The molecule has 0 spiro atoms. The molecule has 1 aliphatic heterocycles. The minimum Gasteiger partial charge on any atom is -0.497 e. The minimum absolute atomic E-state index is 0.0479. The highest BCUT2D eigenvalue weighted by Crippen LogP contribution is 2.18. The van der Waals surface area contributed by atoms with Gasteiger partial charge in [0.25, 0.3) is 0 Å². The highest BCUT2D eigenvalue weighted by Gasteiger charge is 2.23. The Hall–Kier alpha value is -1.75. The molecule has 0 bridgehead atoms. The highest BCUT2D eigenvalue weighted by atomic mass is 16.5. The fourth-order valence-corrected chi connectivity index (χ4v) is 2.58. The van der Waals surface area contributed by atoms with Crippen LogP contribution in [0, 0.1) is 0 Å². The molecule has 1 saturated heterocycles. The standard InChI is InChI=1S/C17H26N2O3/c1-13(2)18-17(20)19(12-16-8-5-9-22-16)11-14-6-4-7-15(10-14)21-3/h4,6-7,10,13,16H,5,8-9,11-12H2,1-3H3,(H,18,20)/t16-/m1/s1. The van der Waals surface area contributed by atoms with E-state index in [9.17, 15) is 4.79 Å². The largest absolute Gasteiger partial charge is 0.497 e. The third-order valence-corrected chi connectivity index (χ3v) is 3.65. The van der Waals surface area contributed by atoms with Crippen LogP contribution >= 0.6 is 0 Å². The van der Waals surface area contributed by atoms with Crippen LogP contribution in [-0.2, 0) is 11.3 Å². The SMILES string of the molecule is COc1cccc(CN(C[C@H]2CCCO2)C(=O)NC(C)C)c1. The van der Waals surface area contributed by atoms with Gasteiger partial charge in [-0.1, -0.05) is 12.1 Å². The van der Waals surface area contributed by atoms with Crippen molar-refractivity contribution in [3.05, 3.63) is 29.8 Å². The van der Waals surface area contributed by atoms with Crippen LogP contribution in [0.4, 0.5) is 4.79 Å². The summed E-state index contributed by atoms with van der Waals surface area (Å²) in [5.41, 5.74) is 1.05. The number of amides is 2. The van der Waals surface area contributed by atoms with Crippen molar-refractivity contribution in [1.29, 1.82) is 0 Å². The van der Waals surface area contributed by atoms with Crippen LogP contribution in [-0.4, -0.2) is 43.3 Å². The summed E-state index contributed by atoms with van der Waals surface area (Å²) in [7, 11) is 1.65. The first kappa shape index (κ1) is 16.6. The molecular weight excluding hydrogens is 280 g/mol. The first-order chi connectivity index (χ1) is 10.6. The van der Waals surface area contributed by atoms with Gasteiger partial charge in [-0.05, 0) is 44.4 Å². The Bertz CT molecular complexity index is 485. The summed E-state index contributed by atoms with van der Waals surface area (Å²) < 4.78 is 10.9. The quantitative estimate of drug-likeness (QED) is 0.879. The van der Waals surface area contributed by atoms with Crippen LogP contribution < -0.4 is 10.1 Å². The number of rotatable bonds is 6. The zero-order valence-electron chi connectivity index (χ0n) is 13.7. The number of nitrogens with zero attached hydrogens (tertiary/aromatic N) is 1. The van der Waals surface area contributed by atoms with Crippen LogP contribution in [0.5, 0.6) is 5.75 Å². The number of benzene rings is 1. The molecule has 5 nitrogen and oxygen atoms in total. The molecule has 1 fully saturated rings. The molecule has 2 rings (SSSR count). The molecule has 22 heavy (non-hydrogen) atoms. The van der Waals surface area contributed by atoms with Gasteiger partial charge >= 0.3 is 6.03 Å². The number of ether oxygens (including phenoxy) is 2. The predicted molar refractivity (Wildman–Crippen MR) is 86.0 cm³/mol. The van der Waals surface area contributed by atoms with Crippen LogP contribution in [0.15, 0.2) is 24.3 Å². The van der Waals surface area contributed by atoms with Gasteiger partial charge in [0.1, 0.15) is 5.75 Å². The summed E-state index contributed by atoms with van der Waals surface area (Å²) in [6.45, 7) is 5.90. The van der Waals surface area contributed by atoms with Gasteiger partial charge in [-0.15, -0.1) is 0 Å². The number of urea groups is 1. The zero-order valence-corrected chi connectivity index (χ0v) is 13.7. The molecule has 5 heteroatoms. The molecule has 1 aliphatic rings. The van der Waals surface area contributed by atoms with Crippen LogP contribution in [0.1, 0.15) is 32.3 Å². The maximum absolute atomic E-state index is 12.4. The van der Waals surface area contributed by atoms with Crippen LogP contribution in [0.2, 0.25) is 0 Å². The smallest absolute Gasteiger partial charge is 0.317 e. The molecule has 0 aliphatic carbocycles. The van der Waals surface area contributed by atoms with Gasteiger partial charge in [0, 0.05) is 25.7 Å². The van der Waals surface area contributed by atoms with Crippen LogP contribution in [0.3, 0.4) is 0 Å². The monoisotopic (exact) mass is 306 g/mol. The van der Waals surface area contributed by atoms with E-state index >= 15 is 0 Å². The van der Waals surface area contributed by atoms with E-state index in [4.69, 9.17) is 9.47 Å². The normalized spacial score (nSPS) is 17.5. The van der Waals surface area contributed by atoms with Crippen molar-refractivity contribution in [2.45, 2.75) is 45.4 Å². The summed E-state index contributed by atoms with van der Waals surface area (Å²) in [4.78, 5) is 14.3. The van der Waals surface area contributed by atoms with Gasteiger partial charge in [-0.25, -0.2) is 4.79 Å². The highest BCUT2D eigenvalue weighted by molar-refractivity contribution is 5.74. The van der Waals surface area contributed by atoms with Gasteiger partial charge < -0.3 is 19.7 Å².